The second-order valence-corrected chi connectivity index (χ2v) is 2.68. The van der Waals surface area contributed by atoms with E-state index in [-0.39, 0.29) is 5.70 Å². The molecule has 0 N–H and O–H groups in total. The fourth-order valence-corrected chi connectivity index (χ4v) is 0.749. The van der Waals surface area contributed by atoms with Crippen molar-refractivity contribution >= 4 is 0 Å². The molecule has 0 aromatic carbocycles. The van der Waals surface area contributed by atoms with Gasteiger partial charge in [-0.1, -0.05) is 44.5 Å². The molecule has 0 aliphatic heterocycles. The molecule has 0 fully saturated rings. The lowest BCUT2D eigenvalue weighted by Crippen LogP contribution is -1.95. The Labute approximate surface area is 89.3 Å². The van der Waals surface area contributed by atoms with Crippen molar-refractivity contribution in [2.75, 3.05) is 0 Å². The Morgan fingerprint density at radius 3 is 2.20 bits per heavy atom. The van der Waals surface area contributed by atoms with Gasteiger partial charge in [-0.15, -0.1) is 0 Å². The molecular weight excluding hydrogens is 190 g/mol. The van der Waals surface area contributed by atoms with Crippen LogP contribution < -0.4 is 0 Å². The summed E-state index contributed by atoms with van der Waals surface area (Å²) in [6.45, 7) is 14.2. The van der Waals surface area contributed by atoms with E-state index in [0.29, 0.717) is 11.1 Å². The van der Waals surface area contributed by atoms with Gasteiger partial charge in [0.2, 0.25) is 0 Å². The molecule has 0 aliphatic carbocycles. The lowest BCUT2D eigenvalue weighted by molar-refractivity contribution is -0.419. The molecule has 0 radical (unpaired) electrons. The minimum Gasteiger partial charge on any atom is -0.258 e. The molecule has 0 amide bonds. The molecular formula is C12H13NO2. The summed E-state index contributed by atoms with van der Waals surface area (Å²) in [7, 11) is 0. The Balaban J connectivity index is 4.80. The highest BCUT2D eigenvalue weighted by molar-refractivity contribution is 5.44. The Morgan fingerprint density at radius 1 is 1.20 bits per heavy atom. The zero-order chi connectivity index (χ0) is 11.8. The topological polar surface area (TPSA) is 43.1 Å². The Bertz CT molecular complexity index is 373. The smallest absolute Gasteiger partial charge is 0.258 e. The van der Waals surface area contributed by atoms with Crippen molar-refractivity contribution in [1.29, 1.82) is 0 Å². The molecule has 0 unspecified atom stereocenters. The van der Waals surface area contributed by atoms with E-state index in [9.17, 15) is 10.1 Å². The van der Waals surface area contributed by atoms with Crippen LogP contribution in [-0.2, 0) is 0 Å². The second-order valence-electron chi connectivity index (χ2n) is 2.68. The first-order valence-electron chi connectivity index (χ1n) is 4.18. The highest BCUT2D eigenvalue weighted by atomic mass is 16.6. The van der Waals surface area contributed by atoms with Crippen molar-refractivity contribution in [2.45, 2.75) is 0 Å². The molecule has 0 saturated heterocycles. The highest BCUT2D eigenvalue weighted by Crippen LogP contribution is 2.12. The van der Waals surface area contributed by atoms with Crippen LogP contribution in [0.5, 0.6) is 0 Å². The average Bonchev–Trinajstić information content (AvgIpc) is 2.21. The van der Waals surface area contributed by atoms with Gasteiger partial charge in [0, 0.05) is 12.2 Å². The van der Waals surface area contributed by atoms with E-state index in [0.717, 1.165) is 6.08 Å². The summed E-state index contributed by atoms with van der Waals surface area (Å²) in [6.07, 6.45) is 7.43. The van der Waals surface area contributed by atoms with Gasteiger partial charge in [0.1, 0.15) is 0 Å². The van der Waals surface area contributed by atoms with Gasteiger partial charge in [-0.2, -0.15) is 0 Å². The van der Waals surface area contributed by atoms with Crippen LogP contribution in [0.1, 0.15) is 0 Å². The van der Waals surface area contributed by atoms with Crippen molar-refractivity contribution < 1.29 is 4.92 Å². The number of rotatable bonds is 6. The maximum absolute atomic E-state index is 10.5. The van der Waals surface area contributed by atoms with Gasteiger partial charge in [-0.05, 0) is 11.1 Å². The summed E-state index contributed by atoms with van der Waals surface area (Å²) < 4.78 is 0. The SMILES string of the molecule is C=C/C=C\C(=C)C(=C)/C=C(\C=C)[N+](=O)[O-]. The van der Waals surface area contributed by atoms with Gasteiger partial charge in [-0.3, -0.25) is 10.1 Å². The van der Waals surface area contributed by atoms with Crippen molar-refractivity contribution in [1.82, 2.24) is 0 Å². The first-order valence-corrected chi connectivity index (χ1v) is 4.18. The van der Waals surface area contributed by atoms with Crippen LogP contribution in [0.15, 0.2) is 73.5 Å². The van der Waals surface area contributed by atoms with Crippen LogP contribution in [0, 0.1) is 10.1 Å². The van der Waals surface area contributed by atoms with Crippen LogP contribution in [0.25, 0.3) is 0 Å². The van der Waals surface area contributed by atoms with E-state index in [2.05, 4.69) is 26.3 Å². The molecule has 3 nitrogen and oxygen atoms in total. The monoisotopic (exact) mass is 203 g/mol. The summed E-state index contributed by atoms with van der Waals surface area (Å²) in [5, 5.41) is 10.5. The van der Waals surface area contributed by atoms with Crippen LogP contribution in [-0.4, -0.2) is 4.92 Å². The minimum absolute atomic E-state index is 0.104. The number of allylic oxidation sites excluding steroid dienone is 7. The predicted molar refractivity (Wildman–Crippen MR) is 62.9 cm³/mol. The molecule has 0 heterocycles. The third-order valence-corrected chi connectivity index (χ3v) is 1.59. The largest absolute Gasteiger partial charge is 0.269 e. The van der Waals surface area contributed by atoms with Gasteiger partial charge < -0.3 is 0 Å². The summed E-state index contributed by atoms with van der Waals surface area (Å²) in [5.74, 6) is 0. The Morgan fingerprint density at radius 2 is 1.80 bits per heavy atom. The number of hydrogen-bond donors (Lipinski definition) is 0. The molecule has 0 spiro atoms. The number of nitrogens with zero attached hydrogens (tertiary/aromatic N) is 1. The third kappa shape index (κ3) is 4.57. The first-order chi connectivity index (χ1) is 7.02. The van der Waals surface area contributed by atoms with E-state index in [1.165, 1.54) is 6.08 Å². The fraction of sp³-hybridized carbons (Fsp3) is 0. The van der Waals surface area contributed by atoms with Gasteiger partial charge in [0.15, 0.2) is 0 Å². The second kappa shape index (κ2) is 6.32. The van der Waals surface area contributed by atoms with E-state index in [1.807, 2.05) is 0 Å². The Kier molecular flexibility index (Phi) is 5.41. The molecule has 3 heteroatoms. The lowest BCUT2D eigenvalue weighted by Gasteiger charge is -1.98. The number of hydrogen-bond acceptors (Lipinski definition) is 2. The molecule has 0 aromatic rings. The first kappa shape index (κ1) is 12.8. The molecule has 0 atom stereocenters. The van der Waals surface area contributed by atoms with E-state index >= 15 is 0 Å². The van der Waals surface area contributed by atoms with Gasteiger partial charge >= 0.3 is 0 Å². The molecule has 0 rings (SSSR count). The van der Waals surface area contributed by atoms with Crippen LogP contribution in [0.3, 0.4) is 0 Å². The van der Waals surface area contributed by atoms with E-state index < -0.39 is 4.92 Å². The predicted octanol–water partition coefficient (Wildman–Crippen LogP) is 3.19. The summed E-state index contributed by atoms with van der Waals surface area (Å²) in [4.78, 5) is 9.94. The molecule has 15 heavy (non-hydrogen) atoms. The molecule has 0 aromatic heterocycles. The van der Waals surface area contributed by atoms with Gasteiger partial charge in [0.25, 0.3) is 5.70 Å². The standard InChI is InChI=1S/C12H13NO2/c1-5-7-8-10(3)11(4)9-12(6-2)13(14)15/h5-9H,1-4H2/b8-7-,12-9+. The van der Waals surface area contributed by atoms with Crippen LogP contribution in [0.2, 0.25) is 0 Å². The third-order valence-electron chi connectivity index (χ3n) is 1.59. The van der Waals surface area contributed by atoms with E-state index in [1.54, 1.807) is 18.2 Å². The number of nitro groups is 1. The average molecular weight is 203 g/mol. The van der Waals surface area contributed by atoms with Gasteiger partial charge in [0.05, 0.1) is 4.92 Å². The maximum atomic E-state index is 10.5. The fourth-order valence-electron chi connectivity index (χ4n) is 0.749. The summed E-state index contributed by atoms with van der Waals surface area (Å²) >= 11 is 0. The quantitative estimate of drug-likeness (QED) is 0.378. The molecule has 78 valence electrons. The molecule has 0 aliphatic rings. The van der Waals surface area contributed by atoms with E-state index in [4.69, 9.17) is 0 Å². The highest BCUT2D eigenvalue weighted by Gasteiger charge is 2.05. The molecule has 0 saturated carbocycles. The summed E-state index contributed by atoms with van der Waals surface area (Å²) in [5.41, 5.74) is 0.962. The zero-order valence-electron chi connectivity index (χ0n) is 8.48. The van der Waals surface area contributed by atoms with Crippen molar-refractivity contribution in [3.05, 3.63) is 83.7 Å². The normalized spacial score (nSPS) is 11.1. The van der Waals surface area contributed by atoms with Crippen LogP contribution in [0.4, 0.5) is 0 Å². The minimum atomic E-state index is -0.525. The zero-order valence-corrected chi connectivity index (χ0v) is 8.48. The molecule has 0 bridgehead atoms. The van der Waals surface area contributed by atoms with Crippen LogP contribution >= 0.6 is 0 Å². The van der Waals surface area contributed by atoms with Gasteiger partial charge in [-0.25, -0.2) is 0 Å². The Hall–Kier alpha value is -2.16. The van der Waals surface area contributed by atoms with Crippen molar-refractivity contribution in [3.8, 4) is 0 Å². The summed E-state index contributed by atoms with van der Waals surface area (Å²) in [6, 6.07) is 0. The van der Waals surface area contributed by atoms with Crippen molar-refractivity contribution in [3.63, 3.8) is 0 Å². The van der Waals surface area contributed by atoms with Crippen molar-refractivity contribution in [2.24, 2.45) is 0 Å². The lowest BCUT2D eigenvalue weighted by atomic mass is 10.1. The maximum Gasteiger partial charge on any atom is 0.269 e.